The fourth-order valence-electron chi connectivity index (χ4n) is 3.02. The van der Waals surface area contributed by atoms with E-state index >= 15 is 0 Å². The molecule has 124 valence electrons. The Hall–Kier alpha value is -2.06. The van der Waals surface area contributed by atoms with Gasteiger partial charge in [0.15, 0.2) is 0 Å². The Morgan fingerprint density at radius 2 is 1.56 bits per heavy atom. The third-order valence-electron chi connectivity index (χ3n) is 4.18. The van der Waals surface area contributed by atoms with Gasteiger partial charge in [-0.25, -0.2) is 0 Å². The summed E-state index contributed by atoms with van der Waals surface area (Å²) in [6.07, 6.45) is -0.292. The van der Waals surface area contributed by atoms with Crippen LogP contribution in [-0.4, -0.2) is 20.9 Å². The van der Waals surface area contributed by atoms with Gasteiger partial charge in [-0.2, -0.15) is 0 Å². The van der Waals surface area contributed by atoms with Gasteiger partial charge in [0.05, 0.1) is 0 Å². The van der Waals surface area contributed by atoms with Crippen LogP contribution in [0.1, 0.15) is 32.4 Å². The molecule has 1 aliphatic rings. The maximum absolute atomic E-state index is 12.5. The molecule has 2 unspecified atom stereocenters. The SMILES string of the molecule is O=C1OC(c2ccccc2)C([Se]c2ccccc2)c2cc(Cl)ccc21. The van der Waals surface area contributed by atoms with E-state index < -0.39 is 0 Å². The number of cyclic esters (lactones) is 1. The van der Waals surface area contributed by atoms with Gasteiger partial charge in [0, 0.05) is 0 Å². The minimum atomic E-state index is -0.292. The summed E-state index contributed by atoms with van der Waals surface area (Å²) in [5.74, 6) is -0.277. The van der Waals surface area contributed by atoms with Crippen LogP contribution in [-0.2, 0) is 4.74 Å². The van der Waals surface area contributed by atoms with Crippen molar-refractivity contribution < 1.29 is 9.53 Å². The summed E-state index contributed by atoms with van der Waals surface area (Å²) in [6.45, 7) is 0. The van der Waals surface area contributed by atoms with Crippen molar-refractivity contribution >= 4 is 37.0 Å². The van der Waals surface area contributed by atoms with Gasteiger partial charge in [-0.05, 0) is 0 Å². The first-order valence-electron chi connectivity index (χ1n) is 7.99. The molecule has 4 heteroatoms. The standard InChI is InChI=1S/C21H15ClO2Se/c22-15-11-12-17-18(13-15)20(25-16-9-5-2-6-10-16)19(24-21(17)23)14-7-3-1-4-8-14/h1-13,19-20H. The molecule has 0 fully saturated rings. The molecule has 1 heterocycles. The summed E-state index contributed by atoms with van der Waals surface area (Å²) in [4.78, 5) is 12.6. The van der Waals surface area contributed by atoms with Crippen LogP contribution in [0, 0.1) is 0 Å². The van der Waals surface area contributed by atoms with Gasteiger partial charge in [-0.1, -0.05) is 0 Å². The van der Waals surface area contributed by atoms with E-state index in [1.165, 1.54) is 4.46 Å². The molecular formula is C21H15ClO2Se. The van der Waals surface area contributed by atoms with Crippen LogP contribution in [0.3, 0.4) is 0 Å². The summed E-state index contributed by atoms with van der Waals surface area (Å²) in [5.41, 5.74) is 2.63. The number of ether oxygens (including phenoxy) is 1. The van der Waals surface area contributed by atoms with Crippen molar-refractivity contribution in [2.45, 2.75) is 10.9 Å². The fraction of sp³-hybridized carbons (Fsp3) is 0.0952. The van der Waals surface area contributed by atoms with Gasteiger partial charge in [0.1, 0.15) is 0 Å². The van der Waals surface area contributed by atoms with Crippen molar-refractivity contribution in [2.24, 2.45) is 0 Å². The minimum absolute atomic E-state index is 0.0868. The number of fused-ring (bicyclic) bond motifs is 1. The predicted molar refractivity (Wildman–Crippen MR) is 101 cm³/mol. The molecule has 0 spiro atoms. The number of rotatable bonds is 3. The molecule has 25 heavy (non-hydrogen) atoms. The molecule has 1 aliphatic heterocycles. The molecule has 0 amide bonds. The average Bonchev–Trinajstić information content (AvgIpc) is 2.65. The van der Waals surface area contributed by atoms with E-state index in [1.807, 2.05) is 54.6 Å². The van der Waals surface area contributed by atoms with Crippen molar-refractivity contribution in [1.29, 1.82) is 0 Å². The van der Waals surface area contributed by atoms with E-state index in [2.05, 4.69) is 12.1 Å². The number of esters is 1. The summed E-state index contributed by atoms with van der Waals surface area (Å²) >= 11 is 6.34. The number of benzene rings is 3. The predicted octanol–water partition coefficient (Wildman–Crippen LogP) is 4.32. The molecule has 0 aliphatic carbocycles. The van der Waals surface area contributed by atoms with Crippen molar-refractivity contribution in [2.75, 3.05) is 0 Å². The van der Waals surface area contributed by atoms with Gasteiger partial charge in [0.25, 0.3) is 0 Å². The van der Waals surface area contributed by atoms with Crippen LogP contribution < -0.4 is 4.46 Å². The summed E-state index contributed by atoms with van der Waals surface area (Å²) in [7, 11) is 0. The summed E-state index contributed by atoms with van der Waals surface area (Å²) in [5, 5.41) is 0.647. The topological polar surface area (TPSA) is 26.3 Å². The molecule has 0 bridgehead atoms. The molecule has 0 aromatic heterocycles. The van der Waals surface area contributed by atoms with Crippen LogP contribution in [0.15, 0.2) is 78.9 Å². The molecule has 2 atom stereocenters. The second-order valence-electron chi connectivity index (χ2n) is 5.82. The summed E-state index contributed by atoms with van der Waals surface area (Å²) in [6, 6.07) is 25.7. The van der Waals surface area contributed by atoms with Crippen LogP contribution in [0.5, 0.6) is 0 Å². The molecular weight excluding hydrogens is 399 g/mol. The molecule has 2 nitrogen and oxygen atoms in total. The van der Waals surface area contributed by atoms with Crippen LogP contribution >= 0.6 is 11.6 Å². The van der Waals surface area contributed by atoms with Gasteiger partial charge in [-0.15, -0.1) is 0 Å². The van der Waals surface area contributed by atoms with E-state index in [-0.39, 0.29) is 31.8 Å². The molecule has 0 radical (unpaired) electrons. The zero-order valence-corrected chi connectivity index (χ0v) is 15.7. The number of carbonyl (C=O) groups is 1. The van der Waals surface area contributed by atoms with Crippen LogP contribution in [0.25, 0.3) is 0 Å². The Morgan fingerprint density at radius 1 is 0.880 bits per heavy atom. The van der Waals surface area contributed by atoms with Crippen LogP contribution in [0.2, 0.25) is 5.02 Å². The molecule has 3 aromatic rings. The molecule has 0 saturated heterocycles. The molecule has 4 rings (SSSR count). The number of carbonyl (C=O) groups excluding carboxylic acids is 1. The Morgan fingerprint density at radius 3 is 2.28 bits per heavy atom. The first-order valence-corrected chi connectivity index (χ1v) is 10.2. The van der Waals surface area contributed by atoms with Gasteiger partial charge in [-0.3, -0.25) is 0 Å². The van der Waals surface area contributed by atoms with Gasteiger partial charge >= 0.3 is 158 Å². The first-order chi connectivity index (χ1) is 12.2. The number of hydrogen-bond donors (Lipinski definition) is 0. The fourth-order valence-corrected chi connectivity index (χ4v) is 5.85. The Bertz CT molecular complexity index is 896. The Labute approximate surface area is 157 Å². The van der Waals surface area contributed by atoms with E-state index in [9.17, 15) is 4.79 Å². The van der Waals surface area contributed by atoms with E-state index in [4.69, 9.17) is 16.3 Å². The van der Waals surface area contributed by atoms with Crippen LogP contribution in [0.4, 0.5) is 0 Å². The molecule has 3 aromatic carbocycles. The third kappa shape index (κ3) is 3.36. The zero-order chi connectivity index (χ0) is 17.2. The Kier molecular flexibility index (Phi) is 4.63. The quantitative estimate of drug-likeness (QED) is 0.472. The normalized spacial score (nSPS) is 19.2. The second-order valence-corrected chi connectivity index (χ2v) is 8.81. The average molecular weight is 414 g/mol. The van der Waals surface area contributed by atoms with Gasteiger partial charge < -0.3 is 0 Å². The number of halogens is 1. The van der Waals surface area contributed by atoms with E-state index in [0.717, 1.165) is 11.1 Å². The third-order valence-corrected chi connectivity index (χ3v) is 7.14. The van der Waals surface area contributed by atoms with Gasteiger partial charge in [0.2, 0.25) is 0 Å². The molecule has 0 N–H and O–H groups in total. The number of hydrogen-bond acceptors (Lipinski definition) is 2. The maximum atomic E-state index is 12.5. The summed E-state index contributed by atoms with van der Waals surface area (Å²) < 4.78 is 7.13. The first kappa shape index (κ1) is 16.4. The molecule has 0 saturated carbocycles. The van der Waals surface area contributed by atoms with Crippen molar-refractivity contribution in [1.82, 2.24) is 0 Å². The van der Waals surface area contributed by atoms with Crippen molar-refractivity contribution in [3.05, 3.63) is 101 Å². The van der Waals surface area contributed by atoms with E-state index in [1.54, 1.807) is 12.1 Å². The Balaban J connectivity index is 1.82. The van der Waals surface area contributed by atoms with Crippen molar-refractivity contribution in [3.8, 4) is 0 Å². The second kappa shape index (κ2) is 7.05. The van der Waals surface area contributed by atoms with Crippen molar-refractivity contribution in [3.63, 3.8) is 0 Å². The monoisotopic (exact) mass is 414 g/mol. The zero-order valence-electron chi connectivity index (χ0n) is 13.3. The van der Waals surface area contributed by atoms with E-state index in [0.29, 0.717) is 10.6 Å².